The van der Waals surface area contributed by atoms with Gasteiger partial charge in [-0.1, -0.05) is 40.0 Å². The van der Waals surface area contributed by atoms with E-state index in [0.29, 0.717) is 26.0 Å². The molecular weight excluding hydrogens is 580 g/mol. The predicted molar refractivity (Wildman–Crippen MR) is 136 cm³/mol. The van der Waals surface area contributed by atoms with Crippen molar-refractivity contribution >= 4 is 61.8 Å². The molecule has 1 saturated heterocycles. The van der Waals surface area contributed by atoms with Crippen molar-refractivity contribution in [1.82, 2.24) is 10.2 Å². The highest BCUT2D eigenvalue weighted by Crippen LogP contribution is 2.47. The number of barbiturate groups is 1. The summed E-state index contributed by atoms with van der Waals surface area (Å²) in [5, 5.41) is 2.31. The molecule has 2 aromatic rings. The molecule has 1 N–H and O–H groups in total. The Morgan fingerprint density at radius 2 is 1.83 bits per heavy atom. The Morgan fingerprint density at radius 1 is 1.09 bits per heavy atom. The maximum Gasteiger partial charge on any atom is 0.343 e. The number of rotatable bonds is 4. The molecule has 9 heteroatoms. The van der Waals surface area contributed by atoms with Gasteiger partial charge in [0.1, 0.15) is 5.57 Å². The molecule has 2 aliphatic carbocycles. The number of amides is 4. The maximum atomic E-state index is 13.4. The molecule has 0 aromatic heterocycles. The summed E-state index contributed by atoms with van der Waals surface area (Å²) in [4.78, 5) is 52.8. The lowest BCUT2D eigenvalue weighted by molar-refractivity contribution is -0.132. The number of halogens is 2. The summed E-state index contributed by atoms with van der Waals surface area (Å²) in [5.41, 5.74) is 1.54. The van der Waals surface area contributed by atoms with Crippen LogP contribution in [-0.4, -0.2) is 34.8 Å². The summed E-state index contributed by atoms with van der Waals surface area (Å²) >= 11 is 6.83. The second-order valence-electron chi connectivity index (χ2n) is 9.30. The van der Waals surface area contributed by atoms with E-state index in [2.05, 4.69) is 37.2 Å². The molecule has 3 atom stereocenters. The largest absolute Gasteiger partial charge is 0.421 e. The van der Waals surface area contributed by atoms with E-state index in [1.165, 1.54) is 11.0 Å². The van der Waals surface area contributed by atoms with E-state index in [1.54, 1.807) is 24.3 Å². The van der Waals surface area contributed by atoms with Gasteiger partial charge in [0.2, 0.25) is 0 Å². The molecule has 4 amide bonds. The van der Waals surface area contributed by atoms with Gasteiger partial charge in [0.05, 0.1) is 10.0 Å². The van der Waals surface area contributed by atoms with Crippen molar-refractivity contribution < 1.29 is 23.9 Å². The third-order valence-corrected chi connectivity index (χ3v) is 8.03. The molecule has 1 aliphatic heterocycles. The molecule has 0 unspecified atom stereocenters. The highest BCUT2D eigenvalue weighted by Gasteiger charge is 2.49. The molecule has 5 rings (SSSR count). The number of ether oxygens (including phenoxy) is 1. The average molecular weight is 602 g/mol. The number of urea groups is 1. The molecular formula is C26H22Br2N2O5. The Kier molecular flexibility index (Phi) is 6.40. The van der Waals surface area contributed by atoms with Crippen LogP contribution in [-0.2, 0) is 9.59 Å². The number of benzene rings is 2. The van der Waals surface area contributed by atoms with Gasteiger partial charge in [-0.15, -0.1) is 0 Å². The number of carbonyl (C=O) groups excluding carboxylic acids is 4. The smallest absolute Gasteiger partial charge is 0.343 e. The van der Waals surface area contributed by atoms with Gasteiger partial charge < -0.3 is 4.74 Å². The summed E-state index contributed by atoms with van der Waals surface area (Å²) in [5.74, 6) is -1.02. The molecule has 0 radical (unpaired) electrons. The van der Waals surface area contributed by atoms with Crippen LogP contribution in [0.1, 0.15) is 47.2 Å². The van der Waals surface area contributed by atoms with Crippen LogP contribution in [0.3, 0.4) is 0 Å². The van der Waals surface area contributed by atoms with Crippen molar-refractivity contribution in [1.29, 1.82) is 0 Å². The fourth-order valence-electron chi connectivity index (χ4n) is 5.29. The van der Waals surface area contributed by atoms with Gasteiger partial charge in [0.15, 0.2) is 5.75 Å². The molecule has 7 nitrogen and oxygen atoms in total. The fourth-order valence-corrected chi connectivity index (χ4v) is 6.63. The summed E-state index contributed by atoms with van der Waals surface area (Å²) in [7, 11) is 0. The van der Waals surface area contributed by atoms with Crippen molar-refractivity contribution in [2.24, 2.45) is 11.8 Å². The van der Waals surface area contributed by atoms with Crippen molar-refractivity contribution in [3.63, 3.8) is 0 Å². The monoisotopic (exact) mass is 600 g/mol. The Hall–Kier alpha value is -2.78. The number of carbonyl (C=O) groups is 4. The zero-order valence-corrected chi connectivity index (χ0v) is 22.0. The maximum absolute atomic E-state index is 13.4. The van der Waals surface area contributed by atoms with Crippen molar-refractivity contribution in [3.05, 3.63) is 67.6 Å². The molecule has 1 heterocycles. The number of nitrogens with one attached hydrogen (secondary N) is 1. The van der Waals surface area contributed by atoms with Gasteiger partial charge in [0, 0.05) is 16.1 Å². The number of aryl methyl sites for hydroxylation is 1. The van der Waals surface area contributed by atoms with Crippen LogP contribution >= 0.6 is 31.9 Å². The third kappa shape index (κ3) is 4.59. The number of esters is 1. The van der Waals surface area contributed by atoms with E-state index in [-0.39, 0.29) is 23.3 Å². The van der Waals surface area contributed by atoms with E-state index in [1.807, 2.05) is 19.1 Å². The van der Waals surface area contributed by atoms with Crippen LogP contribution in [0.25, 0.3) is 6.08 Å². The molecule has 3 aliphatic rings. The normalized spacial score (nSPS) is 24.8. The van der Waals surface area contributed by atoms with E-state index in [4.69, 9.17) is 4.74 Å². The van der Waals surface area contributed by atoms with E-state index < -0.39 is 23.8 Å². The van der Waals surface area contributed by atoms with Crippen molar-refractivity contribution in [2.75, 3.05) is 0 Å². The van der Waals surface area contributed by atoms with Crippen LogP contribution in [0.5, 0.6) is 5.75 Å². The molecule has 2 aromatic carbocycles. The van der Waals surface area contributed by atoms with Crippen LogP contribution in [0.15, 0.2) is 50.9 Å². The number of hydrogen-bond acceptors (Lipinski definition) is 5. The molecule has 0 spiro atoms. The lowest BCUT2D eigenvalue weighted by atomic mass is 9.93. The average Bonchev–Trinajstić information content (AvgIpc) is 3.43. The predicted octanol–water partition coefficient (Wildman–Crippen LogP) is 5.39. The Bertz CT molecular complexity index is 1290. The minimum absolute atomic E-state index is 0.162. The number of fused-ring (bicyclic) bond motifs is 2. The second kappa shape index (κ2) is 9.35. The fraction of sp³-hybridized carbons (Fsp3) is 0.308. The second-order valence-corrected chi connectivity index (χ2v) is 11.1. The minimum atomic E-state index is -0.772. The van der Waals surface area contributed by atoms with Crippen LogP contribution in [0, 0.1) is 18.8 Å². The van der Waals surface area contributed by atoms with Crippen LogP contribution in [0.2, 0.25) is 0 Å². The standard InChI is InChI=1S/C26H22Br2N2O5/c1-13-2-5-15(6-3-13)25(33)35-22-17(10-18(27)12-20(22)28)11-19-23(31)29-26(34)30(24(19)32)21-9-14-4-7-16(21)8-14/h2-3,5-6,10-12,14,16,21H,4,7-9H2,1H3,(H,29,31,34)/b19-11-/t14-,16-,21-/m0/s1. The highest BCUT2D eigenvalue weighted by atomic mass is 79.9. The van der Waals surface area contributed by atoms with Gasteiger partial charge in [-0.2, -0.15) is 0 Å². The highest BCUT2D eigenvalue weighted by molar-refractivity contribution is 9.11. The number of hydrogen-bond donors (Lipinski definition) is 1. The number of imide groups is 2. The zero-order valence-electron chi connectivity index (χ0n) is 18.8. The Morgan fingerprint density at radius 3 is 2.49 bits per heavy atom. The van der Waals surface area contributed by atoms with Gasteiger partial charge in [-0.3, -0.25) is 19.8 Å². The lowest BCUT2D eigenvalue weighted by Crippen LogP contribution is -2.58. The van der Waals surface area contributed by atoms with Crippen molar-refractivity contribution in [2.45, 2.75) is 38.6 Å². The quantitative estimate of drug-likeness (QED) is 0.220. The van der Waals surface area contributed by atoms with E-state index in [0.717, 1.165) is 31.2 Å². The van der Waals surface area contributed by atoms with Gasteiger partial charge >= 0.3 is 12.0 Å². The Balaban J connectivity index is 1.49. The SMILES string of the molecule is Cc1ccc(C(=O)Oc2c(Br)cc(Br)cc2/C=C2/C(=O)NC(=O)N([C@H]3C[C@H]4CC[C@H]3C4)C2=O)cc1. The summed E-state index contributed by atoms with van der Waals surface area (Å²) in [6.07, 6.45) is 5.25. The van der Waals surface area contributed by atoms with Crippen LogP contribution in [0.4, 0.5) is 4.79 Å². The molecule has 3 fully saturated rings. The van der Waals surface area contributed by atoms with Crippen LogP contribution < -0.4 is 10.1 Å². The third-order valence-electron chi connectivity index (χ3n) is 6.98. The zero-order chi connectivity index (χ0) is 24.9. The first-order valence-corrected chi connectivity index (χ1v) is 13.0. The molecule has 2 bridgehead atoms. The molecule has 2 saturated carbocycles. The summed E-state index contributed by atoms with van der Waals surface area (Å²) in [6, 6.07) is 9.42. The topological polar surface area (TPSA) is 92.8 Å². The van der Waals surface area contributed by atoms with Crippen molar-refractivity contribution in [3.8, 4) is 5.75 Å². The van der Waals surface area contributed by atoms with E-state index in [9.17, 15) is 19.2 Å². The van der Waals surface area contributed by atoms with Gasteiger partial charge in [-0.25, -0.2) is 9.59 Å². The molecule has 180 valence electrons. The minimum Gasteiger partial charge on any atom is -0.421 e. The summed E-state index contributed by atoms with van der Waals surface area (Å²) in [6.45, 7) is 1.92. The Labute approximate surface area is 219 Å². The lowest BCUT2D eigenvalue weighted by Gasteiger charge is -2.35. The first kappa shape index (κ1) is 23.9. The van der Waals surface area contributed by atoms with Gasteiger partial charge in [0.25, 0.3) is 11.8 Å². The van der Waals surface area contributed by atoms with E-state index >= 15 is 0 Å². The number of nitrogens with zero attached hydrogens (tertiary/aromatic N) is 1. The van der Waals surface area contributed by atoms with Gasteiger partial charge in [-0.05, 0) is 84.3 Å². The molecule has 35 heavy (non-hydrogen) atoms. The summed E-state index contributed by atoms with van der Waals surface area (Å²) < 4.78 is 6.79. The first-order valence-electron chi connectivity index (χ1n) is 11.4. The first-order chi connectivity index (χ1) is 16.7.